The number of aryl methyl sites for hydroxylation is 2. The Morgan fingerprint density at radius 1 is 1.15 bits per heavy atom. The van der Waals surface area contributed by atoms with E-state index < -0.39 is 11.8 Å². The maximum absolute atomic E-state index is 11.7. The number of hydrogen-bond acceptors (Lipinski definition) is 4. The summed E-state index contributed by atoms with van der Waals surface area (Å²) < 4.78 is 0.867. The Hall–Kier alpha value is -2.93. The number of carbonyl (C=O) groups excluding carboxylic acids is 2. The van der Waals surface area contributed by atoms with E-state index in [9.17, 15) is 9.59 Å². The van der Waals surface area contributed by atoms with Crippen molar-refractivity contribution in [2.45, 2.75) is 13.8 Å². The number of carbonyl (C=O) groups is 2. The summed E-state index contributed by atoms with van der Waals surface area (Å²) in [5.74, 6) is -1.61. The molecule has 0 saturated heterocycles. The molecule has 140 valence electrons. The van der Waals surface area contributed by atoms with Gasteiger partial charge in [0.25, 0.3) is 0 Å². The largest absolute Gasteiger partial charge is 0.355 e. The van der Waals surface area contributed by atoms with Gasteiger partial charge in [-0.15, -0.1) is 6.58 Å². The highest BCUT2D eigenvalue weighted by atomic mass is 79.9. The predicted molar refractivity (Wildman–Crippen MR) is 112 cm³/mol. The summed E-state index contributed by atoms with van der Waals surface area (Å²) in [5, 5.41) is 9.68. The summed E-state index contributed by atoms with van der Waals surface area (Å²) in [6, 6.07) is 11.8. The molecule has 3 N–H and O–H groups in total. The lowest BCUT2D eigenvalue weighted by Gasteiger charge is -2.14. The van der Waals surface area contributed by atoms with Crippen LogP contribution in [0.2, 0.25) is 0 Å². The van der Waals surface area contributed by atoms with Crippen LogP contribution >= 0.6 is 15.9 Å². The highest BCUT2D eigenvalue weighted by Crippen LogP contribution is 2.27. The highest BCUT2D eigenvalue weighted by molar-refractivity contribution is 9.10. The maximum Gasteiger partial charge on any atom is 0.329 e. The zero-order valence-electron chi connectivity index (χ0n) is 15.2. The average molecular weight is 429 g/mol. The first-order valence-corrected chi connectivity index (χ1v) is 9.06. The van der Waals surface area contributed by atoms with E-state index in [1.165, 1.54) is 12.3 Å². The molecule has 0 heterocycles. The average Bonchev–Trinajstić information content (AvgIpc) is 2.64. The quantitative estimate of drug-likeness (QED) is 0.284. The van der Waals surface area contributed by atoms with Crippen molar-refractivity contribution in [2.24, 2.45) is 5.10 Å². The van der Waals surface area contributed by atoms with Crippen LogP contribution in [0.15, 0.2) is 58.6 Å². The van der Waals surface area contributed by atoms with Crippen molar-refractivity contribution in [1.29, 1.82) is 0 Å². The van der Waals surface area contributed by atoms with Crippen LogP contribution in [0.4, 0.5) is 11.4 Å². The Labute approximate surface area is 166 Å². The molecule has 2 amide bonds. The maximum atomic E-state index is 11.7. The number of anilines is 2. The number of para-hydroxylation sites is 1. The van der Waals surface area contributed by atoms with Crippen molar-refractivity contribution in [1.82, 2.24) is 10.7 Å². The van der Waals surface area contributed by atoms with Gasteiger partial charge in [0.2, 0.25) is 0 Å². The molecule has 6 nitrogen and oxygen atoms in total. The summed E-state index contributed by atoms with van der Waals surface area (Å²) in [6.07, 6.45) is 2.97. The summed E-state index contributed by atoms with van der Waals surface area (Å²) in [4.78, 5) is 23.2. The molecule has 0 aliphatic carbocycles. The molecule has 0 bridgehead atoms. The molecule has 0 aliphatic heterocycles. The minimum absolute atomic E-state index is 0.214. The number of benzene rings is 2. The second-order valence-corrected chi connectivity index (χ2v) is 6.74. The summed E-state index contributed by atoms with van der Waals surface area (Å²) in [6.45, 7) is 7.75. The van der Waals surface area contributed by atoms with Crippen LogP contribution < -0.4 is 16.1 Å². The van der Waals surface area contributed by atoms with Gasteiger partial charge in [-0.2, -0.15) is 5.10 Å². The van der Waals surface area contributed by atoms with Crippen molar-refractivity contribution in [3.8, 4) is 0 Å². The molecule has 0 aliphatic rings. The minimum Gasteiger partial charge on any atom is -0.355 e. The summed E-state index contributed by atoms with van der Waals surface area (Å²) in [5.41, 5.74) is 7.04. The predicted octanol–water partition coefficient (Wildman–Crippen LogP) is 3.56. The Morgan fingerprint density at radius 2 is 1.85 bits per heavy atom. The van der Waals surface area contributed by atoms with Gasteiger partial charge in [0, 0.05) is 28.0 Å². The second kappa shape index (κ2) is 9.68. The van der Waals surface area contributed by atoms with E-state index in [0.717, 1.165) is 32.5 Å². The van der Waals surface area contributed by atoms with Crippen molar-refractivity contribution in [3.05, 3.63) is 70.2 Å². The lowest BCUT2D eigenvalue weighted by Crippen LogP contribution is -2.37. The minimum atomic E-state index is -0.840. The van der Waals surface area contributed by atoms with Crippen LogP contribution in [0.5, 0.6) is 0 Å². The fourth-order valence-electron chi connectivity index (χ4n) is 2.36. The molecule has 7 heteroatoms. The number of amides is 2. The van der Waals surface area contributed by atoms with E-state index in [1.54, 1.807) is 0 Å². The fraction of sp³-hybridized carbons (Fsp3) is 0.150. The summed E-state index contributed by atoms with van der Waals surface area (Å²) >= 11 is 3.43. The van der Waals surface area contributed by atoms with Gasteiger partial charge in [0.05, 0.1) is 6.21 Å². The molecular formula is C20H21BrN4O2. The number of hydrazone groups is 1. The van der Waals surface area contributed by atoms with E-state index in [0.29, 0.717) is 0 Å². The lowest BCUT2D eigenvalue weighted by atomic mass is 10.1. The molecular weight excluding hydrogens is 408 g/mol. The first-order valence-electron chi connectivity index (χ1n) is 8.27. The molecule has 27 heavy (non-hydrogen) atoms. The zero-order chi connectivity index (χ0) is 19.8. The van der Waals surface area contributed by atoms with E-state index in [1.807, 2.05) is 50.2 Å². The van der Waals surface area contributed by atoms with Gasteiger partial charge < -0.3 is 10.6 Å². The molecule has 0 spiro atoms. The number of rotatable bonds is 6. The number of nitrogens with one attached hydrogen (secondary N) is 3. The third kappa shape index (κ3) is 5.79. The van der Waals surface area contributed by atoms with Gasteiger partial charge in [-0.25, -0.2) is 5.43 Å². The Balaban J connectivity index is 2.17. The number of hydrogen-bond donors (Lipinski definition) is 3. The SMILES string of the molecule is C=CCNC(=O)C(=O)N/N=C\c1cc(Br)ccc1Nc1c(C)cccc1C. The number of halogens is 1. The van der Waals surface area contributed by atoms with Crippen molar-refractivity contribution in [3.63, 3.8) is 0 Å². The van der Waals surface area contributed by atoms with Crippen LogP contribution in [0, 0.1) is 13.8 Å². The van der Waals surface area contributed by atoms with Crippen LogP contribution in [0.25, 0.3) is 0 Å². The van der Waals surface area contributed by atoms with Gasteiger partial charge in [-0.1, -0.05) is 40.2 Å². The van der Waals surface area contributed by atoms with E-state index in [4.69, 9.17) is 0 Å². The molecule has 0 saturated carbocycles. The molecule has 0 fully saturated rings. The molecule has 0 atom stereocenters. The molecule has 0 radical (unpaired) electrons. The molecule has 0 unspecified atom stereocenters. The van der Waals surface area contributed by atoms with Crippen LogP contribution in [-0.2, 0) is 9.59 Å². The highest BCUT2D eigenvalue weighted by Gasteiger charge is 2.11. The van der Waals surface area contributed by atoms with Gasteiger partial charge >= 0.3 is 11.8 Å². The third-order valence-electron chi connectivity index (χ3n) is 3.74. The third-order valence-corrected chi connectivity index (χ3v) is 4.23. The lowest BCUT2D eigenvalue weighted by molar-refractivity contribution is -0.139. The number of nitrogens with zero attached hydrogens (tertiary/aromatic N) is 1. The Morgan fingerprint density at radius 3 is 2.52 bits per heavy atom. The van der Waals surface area contributed by atoms with Crippen molar-refractivity contribution >= 4 is 45.3 Å². The first kappa shape index (κ1) is 20.4. The molecule has 0 aromatic heterocycles. The standard InChI is InChI=1S/C20H21BrN4O2/c1-4-10-22-19(26)20(27)25-23-12-15-11-16(21)8-9-17(15)24-18-13(2)6-5-7-14(18)3/h4-9,11-12,24H,1,10H2,2-3H3,(H,22,26)(H,25,27)/b23-12-. The first-order chi connectivity index (χ1) is 12.9. The topological polar surface area (TPSA) is 82.6 Å². The fourth-order valence-corrected chi connectivity index (χ4v) is 2.74. The molecule has 2 aromatic carbocycles. The van der Waals surface area contributed by atoms with Crippen molar-refractivity contribution < 1.29 is 9.59 Å². The van der Waals surface area contributed by atoms with E-state index >= 15 is 0 Å². The molecule has 2 rings (SSSR count). The molecule has 2 aromatic rings. The second-order valence-electron chi connectivity index (χ2n) is 5.82. The van der Waals surface area contributed by atoms with Gasteiger partial charge in [-0.05, 0) is 43.2 Å². The summed E-state index contributed by atoms with van der Waals surface area (Å²) in [7, 11) is 0. The van der Waals surface area contributed by atoms with Gasteiger partial charge in [0.1, 0.15) is 0 Å². The van der Waals surface area contributed by atoms with Gasteiger partial charge in [0.15, 0.2) is 0 Å². The normalized spacial score (nSPS) is 10.5. The van der Waals surface area contributed by atoms with Gasteiger partial charge in [-0.3, -0.25) is 9.59 Å². The Bertz CT molecular complexity index is 873. The van der Waals surface area contributed by atoms with Crippen LogP contribution in [0.3, 0.4) is 0 Å². The van der Waals surface area contributed by atoms with Crippen LogP contribution in [0.1, 0.15) is 16.7 Å². The zero-order valence-corrected chi connectivity index (χ0v) is 16.8. The van der Waals surface area contributed by atoms with E-state index in [-0.39, 0.29) is 6.54 Å². The smallest absolute Gasteiger partial charge is 0.329 e. The Kier molecular flexibility index (Phi) is 7.31. The monoisotopic (exact) mass is 428 g/mol. The van der Waals surface area contributed by atoms with Crippen LogP contribution in [-0.4, -0.2) is 24.6 Å². The van der Waals surface area contributed by atoms with E-state index in [2.05, 4.69) is 43.7 Å². The van der Waals surface area contributed by atoms with Crippen molar-refractivity contribution in [2.75, 3.05) is 11.9 Å².